The zero-order valence-electron chi connectivity index (χ0n) is 9.37. The normalized spacial score (nSPS) is 14.2. The summed E-state index contributed by atoms with van der Waals surface area (Å²) in [4.78, 5) is 20.9. The Labute approximate surface area is 102 Å². The van der Waals surface area contributed by atoms with Crippen molar-refractivity contribution in [2.75, 3.05) is 13.3 Å². The number of carbonyl (C=O) groups is 1. The lowest BCUT2D eigenvalue weighted by molar-refractivity contribution is -0.480. The molecule has 7 nitrogen and oxygen atoms in total. The molecule has 18 heavy (non-hydrogen) atoms. The van der Waals surface area contributed by atoms with E-state index in [0.29, 0.717) is 17.1 Å². The Balaban J connectivity index is 2.20. The SMILES string of the molecule is O=C(O)C(CC[N+](=O)[O-])c1ccc2c(c1)OCO2. The molecule has 1 atom stereocenters. The highest BCUT2D eigenvalue weighted by atomic mass is 16.7. The number of hydrogen-bond donors (Lipinski definition) is 1. The lowest BCUT2D eigenvalue weighted by Gasteiger charge is -2.10. The van der Waals surface area contributed by atoms with E-state index in [4.69, 9.17) is 14.6 Å². The van der Waals surface area contributed by atoms with E-state index < -0.39 is 16.8 Å². The summed E-state index contributed by atoms with van der Waals surface area (Å²) in [5, 5.41) is 19.4. The fourth-order valence-electron chi connectivity index (χ4n) is 1.80. The van der Waals surface area contributed by atoms with Crippen LogP contribution in [0.25, 0.3) is 0 Å². The minimum absolute atomic E-state index is 0.0536. The van der Waals surface area contributed by atoms with E-state index in [1.807, 2.05) is 0 Å². The van der Waals surface area contributed by atoms with Gasteiger partial charge in [-0.1, -0.05) is 6.07 Å². The van der Waals surface area contributed by atoms with E-state index in [0.717, 1.165) is 0 Å². The van der Waals surface area contributed by atoms with Crippen molar-refractivity contribution in [2.45, 2.75) is 12.3 Å². The number of nitro groups is 1. The van der Waals surface area contributed by atoms with Crippen molar-refractivity contribution in [1.29, 1.82) is 0 Å². The largest absolute Gasteiger partial charge is 0.481 e. The number of carboxylic acids is 1. The first-order chi connectivity index (χ1) is 8.58. The van der Waals surface area contributed by atoms with Crippen molar-refractivity contribution in [2.24, 2.45) is 0 Å². The van der Waals surface area contributed by atoms with Gasteiger partial charge in [0, 0.05) is 11.3 Å². The first-order valence-corrected chi connectivity index (χ1v) is 5.32. The van der Waals surface area contributed by atoms with E-state index >= 15 is 0 Å². The Morgan fingerprint density at radius 1 is 1.44 bits per heavy atom. The van der Waals surface area contributed by atoms with Gasteiger partial charge in [-0.05, 0) is 17.7 Å². The quantitative estimate of drug-likeness (QED) is 0.626. The molecule has 1 heterocycles. The Morgan fingerprint density at radius 3 is 2.83 bits per heavy atom. The van der Waals surface area contributed by atoms with Gasteiger partial charge in [0.2, 0.25) is 13.3 Å². The molecule has 0 bridgehead atoms. The molecule has 0 aliphatic carbocycles. The van der Waals surface area contributed by atoms with Crippen LogP contribution >= 0.6 is 0 Å². The minimum atomic E-state index is -1.09. The molecular weight excluding hydrogens is 242 g/mol. The molecule has 2 rings (SSSR count). The van der Waals surface area contributed by atoms with Crippen molar-refractivity contribution >= 4 is 5.97 Å². The molecule has 0 amide bonds. The summed E-state index contributed by atoms with van der Waals surface area (Å²) in [7, 11) is 0. The van der Waals surface area contributed by atoms with Crippen molar-refractivity contribution < 1.29 is 24.3 Å². The van der Waals surface area contributed by atoms with Crippen molar-refractivity contribution in [3.63, 3.8) is 0 Å². The van der Waals surface area contributed by atoms with Gasteiger partial charge in [-0.2, -0.15) is 0 Å². The molecule has 0 spiro atoms. The Kier molecular flexibility index (Phi) is 3.31. The molecule has 1 N–H and O–H groups in total. The van der Waals surface area contributed by atoms with Crippen LogP contribution in [0.3, 0.4) is 0 Å². The van der Waals surface area contributed by atoms with E-state index in [2.05, 4.69) is 0 Å². The molecule has 96 valence electrons. The zero-order chi connectivity index (χ0) is 13.1. The lowest BCUT2D eigenvalue weighted by Crippen LogP contribution is -2.16. The van der Waals surface area contributed by atoms with Crippen LogP contribution in [0.4, 0.5) is 0 Å². The molecule has 1 aliphatic rings. The van der Waals surface area contributed by atoms with Crippen molar-refractivity contribution in [3.05, 3.63) is 33.9 Å². The van der Waals surface area contributed by atoms with Gasteiger partial charge in [0.05, 0.1) is 5.92 Å². The van der Waals surface area contributed by atoms with Crippen molar-refractivity contribution in [1.82, 2.24) is 0 Å². The molecular formula is C11H11NO6. The number of fused-ring (bicyclic) bond motifs is 1. The summed E-state index contributed by atoms with van der Waals surface area (Å²) in [5.41, 5.74) is 0.480. The Hall–Kier alpha value is -2.31. The second-order valence-electron chi connectivity index (χ2n) is 3.85. The zero-order valence-corrected chi connectivity index (χ0v) is 9.37. The third kappa shape index (κ3) is 2.50. The fourth-order valence-corrected chi connectivity index (χ4v) is 1.80. The number of carboxylic acid groups (broad SMARTS) is 1. The average Bonchev–Trinajstić information content (AvgIpc) is 2.75. The maximum Gasteiger partial charge on any atom is 0.311 e. The molecule has 0 aromatic heterocycles. The Morgan fingerprint density at radius 2 is 2.17 bits per heavy atom. The van der Waals surface area contributed by atoms with Gasteiger partial charge in [0.1, 0.15) is 0 Å². The summed E-state index contributed by atoms with van der Waals surface area (Å²) >= 11 is 0. The average molecular weight is 253 g/mol. The van der Waals surface area contributed by atoms with Crippen LogP contribution in [-0.2, 0) is 4.79 Å². The van der Waals surface area contributed by atoms with Crippen LogP contribution < -0.4 is 9.47 Å². The number of benzene rings is 1. The van der Waals surface area contributed by atoms with Gasteiger partial charge in [-0.25, -0.2) is 0 Å². The summed E-state index contributed by atoms with van der Waals surface area (Å²) in [6, 6.07) is 4.76. The molecule has 1 aliphatic heterocycles. The molecule has 1 aromatic rings. The van der Waals surface area contributed by atoms with E-state index in [1.54, 1.807) is 18.2 Å². The van der Waals surface area contributed by atoms with Crippen LogP contribution in [-0.4, -0.2) is 29.3 Å². The van der Waals surface area contributed by atoms with E-state index in [1.165, 1.54) is 0 Å². The van der Waals surface area contributed by atoms with Crippen LogP contribution in [0.2, 0.25) is 0 Å². The number of ether oxygens (including phenoxy) is 2. The topological polar surface area (TPSA) is 98.9 Å². The van der Waals surface area contributed by atoms with E-state index in [-0.39, 0.29) is 19.8 Å². The highest BCUT2D eigenvalue weighted by molar-refractivity contribution is 5.76. The predicted octanol–water partition coefficient (Wildman–Crippen LogP) is 1.25. The first kappa shape index (κ1) is 12.2. The fraction of sp³-hybridized carbons (Fsp3) is 0.364. The van der Waals surface area contributed by atoms with Gasteiger partial charge in [-0.15, -0.1) is 0 Å². The van der Waals surface area contributed by atoms with Crippen molar-refractivity contribution in [3.8, 4) is 11.5 Å². The highest BCUT2D eigenvalue weighted by Gasteiger charge is 2.24. The van der Waals surface area contributed by atoms with Gasteiger partial charge >= 0.3 is 5.97 Å². The number of rotatable bonds is 5. The molecule has 1 unspecified atom stereocenters. The molecule has 0 saturated heterocycles. The monoisotopic (exact) mass is 253 g/mol. The summed E-state index contributed by atoms with van der Waals surface area (Å²) in [6.45, 7) is -0.281. The maximum absolute atomic E-state index is 11.1. The maximum atomic E-state index is 11.1. The molecule has 7 heteroatoms. The summed E-state index contributed by atoms with van der Waals surface area (Å²) in [5.74, 6) is -0.974. The lowest BCUT2D eigenvalue weighted by atomic mass is 9.95. The summed E-state index contributed by atoms with van der Waals surface area (Å²) < 4.78 is 10.3. The number of hydrogen-bond acceptors (Lipinski definition) is 5. The van der Waals surface area contributed by atoms with E-state index in [9.17, 15) is 14.9 Å². The number of nitrogens with zero attached hydrogens (tertiary/aromatic N) is 1. The third-order valence-electron chi connectivity index (χ3n) is 2.70. The Bertz CT molecular complexity index is 486. The minimum Gasteiger partial charge on any atom is -0.481 e. The van der Waals surface area contributed by atoms with Gasteiger partial charge in [-0.3, -0.25) is 14.9 Å². The van der Waals surface area contributed by atoms with Crippen LogP contribution in [0.5, 0.6) is 11.5 Å². The standard InChI is InChI=1S/C11H11NO6/c13-11(14)8(3-4-12(15)16)7-1-2-9-10(5-7)18-6-17-9/h1-2,5,8H,3-4,6H2,(H,13,14). The smallest absolute Gasteiger partial charge is 0.311 e. The first-order valence-electron chi connectivity index (χ1n) is 5.32. The second-order valence-corrected chi connectivity index (χ2v) is 3.85. The highest BCUT2D eigenvalue weighted by Crippen LogP contribution is 2.35. The molecule has 0 fully saturated rings. The molecule has 0 radical (unpaired) electrons. The molecule has 1 aromatic carbocycles. The second kappa shape index (κ2) is 4.91. The third-order valence-corrected chi connectivity index (χ3v) is 2.70. The van der Waals surface area contributed by atoms with Crippen LogP contribution in [0.15, 0.2) is 18.2 Å². The van der Waals surface area contributed by atoms with Crippen LogP contribution in [0.1, 0.15) is 17.9 Å². The van der Waals surface area contributed by atoms with Gasteiger partial charge in [0.15, 0.2) is 11.5 Å². The number of aliphatic carboxylic acids is 1. The van der Waals surface area contributed by atoms with Gasteiger partial charge in [0.25, 0.3) is 0 Å². The predicted molar refractivity (Wildman–Crippen MR) is 59.4 cm³/mol. The van der Waals surface area contributed by atoms with Crippen LogP contribution in [0, 0.1) is 10.1 Å². The summed E-state index contributed by atoms with van der Waals surface area (Å²) in [6.07, 6.45) is -0.0536. The molecule has 0 saturated carbocycles. The van der Waals surface area contributed by atoms with Gasteiger partial charge < -0.3 is 14.6 Å².